The van der Waals surface area contributed by atoms with Crippen molar-refractivity contribution in [3.05, 3.63) is 58.6 Å². The number of carbonyl (C=O) groups is 1. The molecule has 2 amide bonds. The van der Waals surface area contributed by atoms with Gasteiger partial charge in [-0.3, -0.25) is 0 Å². The molecule has 2 aromatic carbocycles. The lowest BCUT2D eigenvalue weighted by Gasteiger charge is -2.29. The monoisotopic (exact) mass is 426 g/mol. The second-order valence-corrected chi connectivity index (χ2v) is 7.60. The van der Waals surface area contributed by atoms with Gasteiger partial charge in [0.15, 0.2) is 0 Å². The van der Waals surface area contributed by atoms with Crippen molar-refractivity contribution in [2.75, 3.05) is 5.32 Å². The molecule has 0 aliphatic heterocycles. The van der Waals surface area contributed by atoms with E-state index in [1.165, 1.54) is 11.6 Å². The van der Waals surface area contributed by atoms with Crippen molar-refractivity contribution < 1.29 is 22.7 Å². The molecule has 2 aromatic rings. The summed E-state index contributed by atoms with van der Waals surface area (Å²) in [6.07, 6.45) is -1.45. The maximum absolute atomic E-state index is 12.9. The van der Waals surface area contributed by atoms with Gasteiger partial charge in [0.05, 0.1) is 16.7 Å². The third-order valence-electron chi connectivity index (χ3n) is 4.86. The van der Waals surface area contributed by atoms with Crippen molar-refractivity contribution in [2.45, 2.75) is 50.9 Å². The minimum Gasteiger partial charge on any atom is -0.490 e. The fraction of sp³-hybridized carbons (Fsp3) is 0.381. The zero-order valence-corrected chi connectivity index (χ0v) is 16.6. The third-order valence-corrected chi connectivity index (χ3v) is 5.19. The van der Waals surface area contributed by atoms with Gasteiger partial charge in [-0.25, -0.2) is 4.79 Å². The number of ether oxygens (including phenoxy) is 1. The number of urea groups is 1. The van der Waals surface area contributed by atoms with E-state index < -0.39 is 22.8 Å². The van der Waals surface area contributed by atoms with Crippen molar-refractivity contribution >= 4 is 23.3 Å². The van der Waals surface area contributed by atoms with Gasteiger partial charge in [-0.15, -0.1) is 0 Å². The second-order valence-electron chi connectivity index (χ2n) is 7.20. The molecule has 8 heteroatoms. The SMILES string of the molecule is Cc1ccc(OC2CCC(NC(=O)Nc3ccc(Cl)c(C(F)(F)F)c3)CC2)cc1. The molecule has 0 aromatic heterocycles. The summed E-state index contributed by atoms with van der Waals surface area (Å²) in [5.41, 5.74) is 0.223. The predicted octanol–water partition coefficient (Wildman–Crippen LogP) is 6.18. The van der Waals surface area contributed by atoms with Crippen LogP contribution in [-0.4, -0.2) is 18.2 Å². The highest BCUT2D eigenvalue weighted by atomic mass is 35.5. The van der Waals surface area contributed by atoms with Crippen LogP contribution in [0.4, 0.5) is 23.7 Å². The van der Waals surface area contributed by atoms with Crippen LogP contribution in [0.15, 0.2) is 42.5 Å². The number of hydrogen-bond acceptors (Lipinski definition) is 2. The standard InChI is InChI=1S/C21H22ClF3N2O2/c1-13-2-7-16(8-3-13)29-17-9-4-14(5-10-17)26-20(28)27-15-6-11-19(22)18(12-15)21(23,24)25/h2-3,6-8,11-12,14,17H,4-5,9-10H2,1H3,(H2,26,27,28). The van der Waals surface area contributed by atoms with Crippen molar-refractivity contribution in [3.8, 4) is 5.75 Å². The average Bonchev–Trinajstić information content (AvgIpc) is 2.66. The third kappa shape index (κ3) is 6.03. The Kier molecular flexibility index (Phi) is 6.57. The largest absolute Gasteiger partial charge is 0.490 e. The minimum atomic E-state index is -4.58. The molecule has 1 fully saturated rings. The van der Waals surface area contributed by atoms with Crippen molar-refractivity contribution in [1.82, 2.24) is 5.32 Å². The lowest BCUT2D eigenvalue weighted by molar-refractivity contribution is -0.137. The van der Waals surface area contributed by atoms with Crippen LogP contribution in [0, 0.1) is 6.92 Å². The number of rotatable bonds is 4. The van der Waals surface area contributed by atoms with Gasteiger partial charge in [-0.05, 0) is 62.9 Å². The predicted molar refractivity (Wildman–Crippen MR) is 106 cm³/mol. The Bertz CT molecular complexity index is 848. The van der Waals surface area contributed by atoms with Crippen LogP contribution in [0.2, 0.25) is 5.02 Å². The van der Waals surface area contributed by atoms with Gasteiger partial charge in [-0.2, -0.15) is 13.2 Å². The zero-order chi connectivity index (χ0) is 21.0. The Labute approximate surface area is 172 Å². The minimum absolute atomic E-state index is 0.0376. The molecular formula is C21H22ClF3N2O2. The molecule has 0 atom stereocenters. The van der Waals surface area contributed by atoms with E-state index in [1.807, 2.05) is 31.2 Å². The van der Waals surface area contributed by atoms with E-state index >= 15 is 0 Å². The summed E-state index contributed by atoms with van der Waals surface area (Å²) >= 11 is 5.59. The van der Waals surface area contributed by atoms with E-state index in [4.69, 9.17) is 16.3 Å². The molecule has 0 spiro atoms. The number of anilines is 1. The normalized spacial score (nSPS) is 19.5. The number of carbonyl (C=O) groups excluding carboxylic acids is 1. The molecule has 3 rings (SSSR count). The van der Waals surface area contributed by atoms with Gasteiger partial charge in [0.25, 0.3) is 0 Å². The number of benzene rings is 2. The van der Waals surface area contributed by atoms with Crippen molar-refractivity contribution in [3.63, 3.8) is 0 Å². The highest BCUT2D eigenvalue weighted by Gasteiger charge is 2.33. The van der Waals surface area contributed by atoms with E-state index in [2.05, 4.69) is 10.6 Å². The summed E-state index contributed by atoms with van der Waals surface area (Å²) in [5.74, 6) is 0.827. The van der Waals surface area contributed by atoms with E-state index in [-0.39, 0.29) is 17.8 Å². The Morgan fingerprint density at radius 1 is 1.07 bits per heavy atom. The number of aryl methyl sites for hydroxylation is 1. The smallest absolute Gasteiger partial charge is 0.417 e. The van der Waals surface area contributed by atoms with Gasteiger partial charge in [0.1, 0.15) is 5.75 Å². The first-order valence-electron chi connectivity index (χ1n) is 9.38. The summed E-state index contributed by atoms with van der Waals surface area (Å²) in [5, 5.41) is 4.85. The topological polar surface area (TPSA) is 50.4 Å². The Hall–Kier alpha value is -2.41. The maximum Gasteiger partial charge on any atom is 0.417 e. The molecule has 4 nitrogen and oxygen atoms in total. The number of alkyl halides is 3. The maximum atomic E-state index is 12.9. The average molecular weight is 427 g/mol. The van der Waals surface area contributed by atoms with E-state index in [9.17, 15) is 18.0 Å². The molecule has 156 valence electrons. The zero-order valence-electron chi connectivity index (χ0n) is 15.9. The summed E-state index contributed by atoms with van der Waals surface area (Å²) in [6, 6.07) is 10.6. The van der Waals surface area contributed by atoms with Gasteiger partial charge in [-0.1, -0.05) is 29.3 Å². The summed E-state index contributed by atoms with van der Waals surface area (Å²) < 4.78 is 44.7. The molecule has 1 saturated carbocycles. The molecular weight excluding hydrogens is 405 g/mol. The van der Waals surface area contributed by atoms with Crippen molar-refractivity contribution in [1.29, 1.82) is 0 Å². The molecule has 1 aliphatic carbocycles. The van der Waals surface area contributed by atoms with Crippen LogP contribution in [0.25, 0.3) is 0 Å². The Morgan fingerprint density at radius 2 is 1.72 bits per heavy atom. The van der Waals surface area contributed by atoms with Gasteiger partial charge < -0.3 is 15.4 Å². The molecule has 1 aliphatic rings. The lowest BCUT2D eigenvalue weighted by atomic mass is 9.93. The highest BCUT2D eigenvalue weighted by molar-refractivity contribution is 6.31. The lowest BCUT2D eigenvalue weighted by Crippen LogP contribution is -2.41. The summed E-state index contributed by atoms with van der Waals surface area (Å²) in [4.78, 5) is 12.2. The molecule has 2 N–H and O–H groups in total. The molecule has 0 saturated heterocycles. The molecule has 0 heterocycles. The van der Waals surface area contributed by atoms with Crippen LogP contribution < -0.4 is 15.4 Å². The molecule has 0 bridgehead atoms. The quantitative estimate of drug-likeness (QED) is 0.613. The Morgan fingerprint density at radius 3 is 2.34 bits per heavy atom. The van der Waals surface area contributed by atoms with E-state index in [1.54, 1.807) is 0 Å². The van der Waals surface area contributed by atoms with Crippen LogP contribution >= 0.6 is 11.6 Å². The fourth-order valence-corrected chi connectivity index (χ4v) is 3.53. The summed E-state index contributed by atoms with van der Waals surface area (Å²) in [7, 11) is 0. The fourth-order valence-electron chi connectivity index (χ4n) is 3.31. The summed E-state index contributed by atoms with van der Waals surface area (Å²) in [6.45, 7) is 2.01. The second kappa shape index (κ2) is 8.95. The van der Waals surface area contributed by atoms with Crippen LogP contribution in [-0.2, 0) is 6.18 Å². The first kappa shape index (κ1) is 21.3. The highest BCUT2D eigenvalue weighted by Crippen LogP contribution is 2.36. The first-order valence-corrected chi connectivity index (χ1v) is 9.76. The Balaban J connectivity index is 1.48. The molecule has 0 unspecified atom stereocenters. The van der Waals surface area contributed by atoms with Crippen LogP contribution in [0.1, 0.15) is 36.8 Å². The van der Waals surface area contributed by atoms with Gasteiger partial charge in [0.2, 0.25) is 0 Å². The molecule has 0 radical (unpaired) electrons. The van der Waals surface area contributed by atoms with E-state index in [0.29, 0.717) is 0 Å². The number of amides is 2. The van der Waals surface area contributed by atoms with Crippen LogP contribution in [0.3, 0.4) is 0 Å². The molecule has 29 heavy (non-hydrogen) atoms. The van der Waals surface area contributed by atoms with Crippen molar-refractivity contribution in [2.24, 2.45) is 0 Å². The number of hydrogen-bond donors (Lipinski definition) is 2. The van der Waals surface area contributed by atoms with Gasteiger partial charge in [0, 0.05) is 11.7 Å². The number of nitrogens with one attached hydrogen (secondary N) is 2. The van der Waals surface area contributed by atoms with E-state index in [0.717, 1.165) is 43.6 Å². The number of halogens is 4. The van der Waals surface area contributed by atoms with Gasteiger partial charge >= 0.3 is 12.2 Å². The first-order chi connectivity index (χ1) is 13.7. The van der Waals surface area contributed by atoms with Crippen LogP contribution in [0.5, 0.6) is 5.75 Å².